The van der Waals surface area contributed by atoms with Crippen molar-refractivity contribution in [1.29, 1.82) is 0 Å². The summed E-state index contributed by atoms with van der Waals surface area (Å²) in [5.74, 6) is 2.00. The van der Waals surface area contributed by atoms with Crippen LogP contribution in [0.2, 0.25) is 0 Å². The fourth-order valence-corrected chi connectivity index (χ4v) is 3.82. The van der Waals surface area contributed by atoms with E-state index in [0.29, 0.717) is 30.6 Å². The third kappa shape index (κ3) is 5.45. The van der Waals surface area contributed by atoms with E-state index in [2.05, 4.69) is 29.2 Å². The monoisotopic (exact) mass is 372 g/mol. The molecule has 1 fully saturated rings. The Morgan fingerprint density at radius 3 is 3.00 bits per heavy atom. The Hall–Kier alpha value is -2.08. The molecule has 0 aliphatic carbocycles. The van der Waals surface area contributed by atoms with Gasteiger partial charge < -0.3 is 9.73 Å². The van der Waals surface area contributed by atoms with Crippen molar-refractivity contribution < 1.29 is 9.21 Å². The fraction of sp³-hybridized carbons (Fsp3) is 0.619. The second-order valence-corrected chi connectivity index (χ2v) is 7.97. The van der Waals surface area contributed by atoms with Gasteiger partial charge in [0, 0.05) is 19.6 Å². The van der Waals surface area contributed by atoms with E-state index >= 15 is 0 Å². The van der Waals surface area contributed by atoms with Crippen molar-refractivity contribution in [1.82, 2.24) is 20.0 Å². The number of likely N-dealkylation sites (tertiary alicyclic amines) is 1. The molecule has 1 saturated heterocycles. The number of carbonyl (C=O) groups excluding carboxylic acids is 1. The van der Waals surface area contributed by atoms with Gasteiger partial charge in [0.05, 0.1) is 18.5 Å². The number of nitrogens with one attached hydrogen (secondary N) is 1. The molecule has 0 saturated carbocycles. The number of amides is 1. The molecule has 1 aliphatic rings. The van der Waals surface area contributed by atoms with Crippen molar-refractivity contribution in [3.05, 3.63) is 41.6 Å². The highest BCUT2D eigenvalue weighted by Crippen LogP contribution is 2.18. The zero-order chi connectivity index (χ0) is 19.2. The Kier molecular flexibility index (Phi) is 6.72. The topological polar surface area (TPSA) is 63.3 Å². The molecule has 0 bridgehead atoms. The van der Waals surface area contributed by atoms with Gasteiger partial charge in [0.15, 0.2) is 0 Å². The molecular weight excluding hydrogens is 340 g/mol. The van der Waals surface area contributed by atoms with E-state index < -0.39 is 0 Å². The molecule has 0 unspecified atom stereocenters. The van der Waals surface area contributed by atoms with E-state index in [-0.39, 0.29) is 5.91 Å². The van der Waals surface area contributed by atoms with Crippen LogP contribution >= 0.6 is 0 Å². The molecule has 1 amide bonds. The minimum Gasteiger partial charge on any atom is -0.468 e. The van der Waals surface area contributed by atoms with Gasteiger partial charge in [0.1, 0.15) is 11.5 Å². The molecule has 6 nitrogen and oxygen atoms in total. The maximum atomic E-state index is 12.7. The summed E-state index contributed by atoms with van der Waals surface area (Å²) in [5, 5.41) is 7.72. The molecule has 6 heteroatoms. The van der Waals surface area contributed by atoms with Crippen LogP contribution in [0.15, 0.2) is 28.9 Å². The molecule has 3 heterocycles. The molecular formula is C21H32N4O2. The van der Waals surface area contributed by atoms with Crippen LogP contribution in [0, 0.1) is 11.8 Å². The molecule has 1 N–H and O–H groups in total. The van der Waals surface area contributed by atoms with Crippen LogP contribution in [0.25, 0.3) is 0 Å². The number of hydrogen-bond acceptors (Lipinski definition) is 4. The lowest BCUT2D eigenvalue weighted by Crippen LogP contribution is -2.40. The number of aromatic nitrogens is 2. The summed E-state index contributed by atoms with van der Waals surface area (Å²) in [4.78, 5) is 15.1. The third-order valence-corrected chi connectivity index (χ3v) is 5.09. The van der Waals surface area contributed by atoms with Crippen LogP contribution in [0.4, 0.5) is 0 Å². The summed E-state index contributed by atoms with van der Waals surface area (Å²) in [6.45, 7) is 10.7. The summed E-state index contributed by atoms with van der Waals surface area (Å²) in [7, 11) is 0. The van der Waals surface area contributed by atoms with Gasteiger partial charge in [-0.25, -0.2) is 0 Å². The van der Waals surface area contributed by atoms with E-state index in [4.69, 9.17) is 4.42 Å². The van der Waals surface area contributed by atoms with Gasteiger partial charge in [-0.2, -0.15) is 5.10 Å². The Labute approximate surface area is 161 Å². The SMILES string of the molecule is CCn1nc(CC(C)C)cc1C(=O)NC[C@@H]1CCCN(Cc2ccco2)C1. The van der Waals surface area contributed by atoms with Gasteiger partial charge in [-0.15, -0.1) is 0 Å². The van der Waals surface area contributed by atoms with Gasteiger partial charge in [0.25, 0.3) is 5.91 Å². The second-order valence-electron chi connectivity index (χ2n) is 7.97. The quantitative estimate of drug-likeness (QED) is 0.772. The molecule has 1 aliphatic heterocycles. The lowest BCUT2D eigenvalue weighted by molar-refractivity contribution is 0.0917. The minimum absolute atomic E-state index is 0.0116. The predicted molar refractivity (Wildman–Crippen MR) is 105 cm³/mol. The number of furan rings is 1. The number of aryl methyl sites for hydroxylation is 1. The first-order chi connectivity index (χ1) is 13.0. The lowest BCUT2D eigenvalue weighted by Gasteiger charge is -2.32. The first-order valence-corrected chi connectivity index (χ1v) is 10.1. The largest absolute Gasteiger partial charge is 0.468 e. The van der Waals surface area contributed by atoms with E-state index in [1.165, 1.54) is 0 Å². The van der Waals surface area contributed by atoms with E-state index in [1.54, 1.807) is 6.26 Å². The molecule has 0 spiro atoms. The zero-order valence-corrected chi connectivity index (χ0v) is 16.8. The van der Waals surface area contributed by atoms with E-state index in [9.17, 15) is 4.79 Å². The number of hydrogen-bond donors (Lipinski definition) is 1. The van der Waals surface area contributed by atoms with E-state index in [1.807, 2.05) is 29.8 Å². The summed E-state index contributed by atoms with van der Waals surface area (Å²) >= 11 is 0. The maximum absolute atomic E-state index is 12.7. The van der Waals surface area contributed by atoms with Crippen molar-refractivity contribution in [2.24, 2.45) is 11.8 Å². The average molecular weight is 373 g/mol. The van der Waals surface area contributed by atoms with Crippen LogP contribution in [0.5, 0.6) is 0 Å². The Balaban J connectivity index is 1.53. The van der Waals surface area contributed by atoms with Gasteiger partial charge in [-0.05, 0) is 62.8 Å². The highest BCUT2D eigenvalue weighted by atomic mass is 16.3. The Morgan fingerprint density at radius 2 is 2.30 bits per heavy atom. The lowest BCUT2D eigenvalue weighted by atomic mass is 9.98. The minimum atomic E-state index is -0.0116. The van der Waals surface area contributed by atoms with Gasteiger partial charge in [-0.1, -0.05) is 13.8 Å². The van der Waals surface area contributed by atoms with Crippen LogP contribution < -0.4 is 5.32 Å². The highest BCUT2D eigenvalue weighted by molar-refractivity contribution is 5.92. The van der Waals surface area contributed by atoms with Gasteiger partial charge in [-0.3, -0.25) is 14.4 Å². The molecule has 2 aromatic rings. The average Bonchev–Trinajstić information content (AvgIpc) is 3.29. The first kappa shape index (κ1) is 19.7. The maximum Gasteiger partial charge on any atom is 0.269 e. The number of nitrogens with zero attached hydrogens (tertiary/aromatic N) is 3. The molecule has 0 aromatic carbocycles. The van der Waals surface area contributed by atoms with Crippen molar-refractivity contribution in [3.8, 4) is 0 Å². The number of piperidine rings is 1. The Bertz CT molecular complexity index is 721. The Morgan fingerprint density at radius 1 is 1.44 bits per heavy atom. The summed E-state index contributed by atoms with van der Waals surface area (Å²) in [6.07, 6.45) is 4.94. The van der Waals surface area contributed by atoms with Crippen molar-refractivity contribution in [2.75, 3.05) is 19.6 Å². The van der Waals surface area contributed by atoms with Gasteiger partial charge in [0.2, 0.25) is 0 Å². The number of carbonyl (C=O) groups is 1. The summed E-state index contributed by atoms with van der Waals surface area (Å²) in [5.41, 5.74) is 1.68. The third-order valence-electron chi connectivity index (χ3n) is 5.09. The van der Waals surface area contributed by atoms with Crippen LogP contribution in [0.1, 0.15) is 55.6 Å². The first-order valence-electron chi connectivity index (χ1n) is 10.1. The highest BCUT2D eigenvalue weighted by Gasteiger charge is 2.22. The molecule has 148 valence electrons. The smallest absolute Gasteiger partial charge is 0.269 e. The number of rotatable bonds is 8. The van der Waals surface area contributed by atoms with Gasteiger partial charge >= 0.3 is 0 Å². The molecule has 2 aromatic heterocycles. The van der Waals surface area contributed by atoms with Crippen molar-refractivity contribution in [2.45, 2.75) is 53.1 Å². The molecule has 0 radical (unpaired) electrons. The molecule has 27 heavy (non-hydrogen) atoms. The van der Waals surface area contributed by atoms with Crippen LogP contribution in [-0.2, 0) is 19.5 Å². The predicted octanol–water partition coefficient (Wildman–Crippen LogP) is 3.34. The zero-order valence-electron chi connectivity index (χ0n) is 16.8. The van der Waals surface area contributed by atoms with Crippen molar-refractivity contribution in [3.63, 3.8) is 0 Å². The molecule has 3 rings (SSSR count). The molecule has 1 atom stereocenters. The normalized spacial score (nSPS) is 18.1. The van der Waals surface area contributed by atoms with E-state index in [0.717, 1.165) is 50.4 Å². The summed E-state index contributed by atoms with van der Waals surface area (Å²) < 4.78 is 7.28. The van der Waals surface area contributed by atoms with Crippen LogP contribution in [-0.4, -0.2) is 40.2 Å². The second kappa shape index (κ2) is 9.22. The fourth-order valence-electron chi connectivity index (χ4n) is 3.82. The van der Waals surface area contributed by atoms with Crippen LogP contribution in [0.3, 0.4) is 0 Å². The standard InChI is InChI=1S/C21H32N4O2/c1-4-25-20(12-18(23-25)11-16(2)3)21(26)22-13-17-7-5-9-24(14-17)15-19-8-6-10-27-19/h6,8,10,12,16-17H,4-5,7,9,11,13-15H2,1-3H3,(H,22,26)/t17-/m0/s1. The van der Waals surface area contributed by atoms with Crippen molar-refractivity contribution >= 4 is 5.91 Å². The summed E-state index contributed by atoms with van der Waals surface area (Å²) in [6, 6.07) is 5.90.